The number of nitrogens with one attached hydrogen (secondary N) is 2. The van der Waals surface area contributed by atoms with Gasteiger partial charge in [0.1, 0.15) is 12.1 Å². The van der Waals surface area contributed by atoms with Gasteiger partial charge in [-0.2, -0.15) is 0 Å². The van der Waals surface area contributed by atoms with Crippen molar-refractivity contribution in [2.75, 3.05) is 49.6 Å². The Balaban J connectivity index is 1.22. The third-order valence-electron chi connectivity index (χ3n) is 7.70. The van der Waals surface area contributed by atoms with Crippen molar-refractivity contribution in [3.8, 4) is 0 Å². The van der Waals surface area contributed by atoms with Gasteiger partial charge < -0.3 is 24.7 Å². The van der Waals surface area contributed by atoms with E-state index >= 15 is 0 Å². The van der Waals surface area contributed by atoms with E-state index < -0.39 is 24.2 Å². The van der Waals surface area contributed by atoms with E-state index in [1.165, 1.54) is 5.06 Å². The van der Waals surface area contributed by atoms with E-state index in [4.69, 9.17) is 9.57 Å². The van der Waals surface area contributed by atoms with Gasteiger partial charge in [0, 0.05) is 36.6 Å². The van der Waals surface area contributed by atoms with Crippen LogP contribution in [0, 0.1) is 5.92 Å². The molecule has 0 spiro atoms. The van der Waals surface area contributed by atoms with Crippen LogP contribution in [0.25, 0.3) is 0 Å². The van der Waals surface area contributed by atoms with Crippen molar-refractivity contribution in [1.29, 1.82) is 0 Å². The molecule has 0 saturated carbocycles. The number of hydroxylamine groups is 2. The van der Waals surface area contributed by atoms with E-state index in [0.717, 1.165) is 18.8 Å². The summed E-state index contributed by atoms with van der Waals surface area (Å²) < 4.78 is 5.41. The summed E-state index contributed by atoms with van der Waals surface area (Å²) >= 11 is 0. The maximum Gasteiger partial charge on any atom is 0.430 e. The summed E-state index contributed by atoms with van der Waals surface area (Å²) in [5.41, 5.74) is 2.06. The van der Waals surface area contributed by atoms with Gasteiger partial charge in [-0.05, 0) is 55.2 Å². The summed E-state index contributed by atoms with van der Waals surface area (Å²) in [5.74, 6) is -0.698. The number of carbonyl (C=O) groups excluding carboxylic acids is 4. The Kier molecular flexibility index (Phi) is 8.84. The molecule has 0 radical (unpaired) electrons. The molecule has 3 fully saturated rings. The van der Waals surface area contributed by atoms with Crippen molar-refractivity contribution in [3.05, 3.63) is 60.2 Å². The van der Waals surface area contributed by atoms with Gasteiger partial charge in [0.2, 0.25) is 5.91 Å². The van der Waals surface area contributed by atoms with Gasteiger partial charge in [-0.3, -0.25) is 19.7 Å². The number of rotatable bonds is 8. The average molecular weight is 564 g/mol. The third-order valence-corrected chi connectivity index (χ3v) is 7.70. The first-order valence-corrected chi connectivity index (χ1v) is 14.2. The van der Waals surface area contributed by atoms with Gasteiger partial charge in [-0.15, -0.1) is 5.06 Å². The first kappa shape index (κ1) is 28.6. The molecule has 3 atom stereocenters. The summed E-state index contributed by atoms with van der Waals surface area (Å²) in [6, 6.07) is 14.3. The summed E-state index contributed by atoms with van der Waals surface area (Å²) in [5, 5.41) is 6.93. The lowest BCUT2D eigenvalue weighted by Crippen LogP contribution is -2.52. The highest BCUT2D eigenvalue weighted by molar-refractivity contribution is 5.99. The molecule has 2 N–H and O–H groups in total. The minimum absolute atomic E-state index is 0.0992. The van der Waals surface area contributed by atoms with Gasteiger partial charge in [0.25, 0.3) is 5.91 Å². The lowest BCUT2D eigenvalue weighted by atomic mass is 10.0. The number of nitrogens with zero attached hydrogens (tertiary/aromatic N) is 3. The van der Waals surface area contributed by atoms with Crippen LogP contribution in [0.1, 0.15) is 37.0 Å². The minimum atomic E-state index is -0.788. The van der Waals surface area contributed by atoms with Gasteiger partial charge in [-0.25, -0.2) is 4.79 Å². The first-order valence-electron chi connectivity index (χ1n) is 14.2. The zero-order valence-electron chi connectivity index (χ0n) is 23.5. The standard InChI is InChI=1S/C30H37N5O6/c1-20(2)18-24(32-28(37)21-8-10-23(11-9-21)33-14-16-40-17-15-33)29(38)34-13-12-25-27(34)26(36)19-35(25)41-30(39)31-22-6-4-3-5-7-22/h3-11,20,24-25,27H,12-19H2,1-2H3,(H,31,39)(H,32,37). The second kappa shape index (κ2) is 12.7. The molecule has 0 aliphatic carbocycles. The summed E-state index contributed by atoms with van der Waals surface area (Å²) in [4.78, 5) is 61.7. The van der Waals surface area contributed by atoms with Crippen LogP contribution in [0.15, 0.2) is 54.6 Å². The van der Waals surface area contributed by atoms with Crippen LogP contribution >= 0.6 is 0 Å². The number of ketones is 1. The van der Waals surface area contributed by atoms with Crippen LogP contribution in [0.5, 0.6) is 0 Å². The number of benzene rings is 2. The van der Waals surface area contributed by atoms with Crippen molar-refractivity contribution >= 4 is 35.1 Å². The number of anilines is 2. The Labute approximate surface area is 239 Å². The summed E-state index contributed by atoms with van der Waals surface area (Å²) in [6.07, 6.45) is 0.212. The molecule has 11 heteroatoms. The molecule has 3 saturated heterocycles. The molecule has 2 aromatic carbocycles. The molecule has 3 heterocycles. The van der Waals surface area contributed by atoms with Crippen molar-refractivity contribution in [3.63, 3.8) is 0 Å². The number of amides is 3. The SMILES string of the molecule is CC(C)CC(NC(=O)c1ccc(N2CCOCC2)cc1)C(=O)N1CCC2C1C(=O)CN2OC(=O)Nc1ccccc1. The highest BCUT2D eigenvalue weighted by Crippen LogP contribution is 2.31. The molecule has 41 heavy (non-hydrogen) atoms. The number of fused-ring (bicyclic) bond motifs is 1. The molecule has 5 rings (SSSR count). The van der Waals surface area contributed by atoms with Gasteiger partial charge in [0.05, 0.1) is 25.8 Å². The fourth-order valence-corrected chi connectivity index (χ4v) is 5.73. The lowest BCUT2D eigenvalue weighted by molar-refractivity contribution is -0.138. The molecule has 3 amide bonds. The maximum atomic E-state index is 13.8. The van der Waals surface area contributed by atoms with Crippen LogP contribution in [-0.2, 0) is 19.2 Å². The van der Waals surface area contributed by atoms with Crippen molar-refractivity contribution in [2.24, 2.45) is 5.92 Å². The van der Waals surface area contributed by atoms with Gasteiger partial charge in [0.15, 0.2) is 5.78 Å². The lowest BCUT2D eigenvalue weighted by Gasteiger charge is -2.29. The van der Waals surface area contributed by atoms with Crippen molar-refractivity contribution in [2.45, 2.75) is 44.8 Å². The number of para-hydroxylation sites is 1. The fourth-order valence-electron chi connectivity index (χ4n) is 5.73. The van der Waals surface area contributed by atoms with E-state index in [1.54, 1.807) is 41.3 Å². The monoisotopic (exact) mass is 563 g/mol. The molecular formula is C30H37N5O6. The van der Waals surface area contributed by atoms with Crippen LogP contribution in [-0.4, -0.2) is 91.2 Å². The van der Waals surface area contributed by atoms with Gasteiger partial charge in [-0.1, -0.05) is 32.0 Å². The molecule has 3 aliphatic rings. The highest BCUT2D eigenvalue weighted by Gasteiger charge is 2.52. The number of carbonyl (C=O) groups is 4. The number of hydrogen-bond donors (Lipinski definition) is 2. The van der Waals surface area contributed by atoms with E-state index in [0.29, 0.717) is 43.9 Å². The Hall–Kier alpha value is -3.96. The van der Waals surface area contributed by atoms with Crippen LogP contribution in [0.3, 0.4) is 0 Å². The fraction of sp³-hybridized carbons (Fsp3) is 0.467. The zero-order valence-corrected chi connectivity index (χ0v) is 23.5. The third kappa shape index (κ3) is 6.68. The minimum Gasteiger partial charge on any atom is -0.378 e. The van der Waals surface area contributed by atoms with E-state index in [1.807, 2.05) is 32.0 Å². The normalized spacial score (nSPS) is 21.5. The summed E-state index contributed by atoms with van der Waals surface area (Å²) in [7, 11) is 0. The number of Topliss-reactive ketones (excluding diaryl/α,β-unsaturated/α-hetero) is 1. The first-order chi connectivity index (χ1) is 19.8. The van der Waals surface area contributed by atoms with Crippen LogP contribution in [0.4, 0.5) is 16.2 Å². The van der Waals surface area contributed by atoms with E-state index in [9.17, 15) is 19.2 Å². The van der Waals surface area contributed by atoms with E-state index in [2.05, 4.69) is 15.5 Å². The summed E-state index contributed by atoms with van der Waals surface area (Å²) in [6.45, 7) is 7.15. The predicted octanol–water partition coefficient (Wildman–Crippen LogP) is 2.69. The predicted molar refractivity (Wildman–Crippen MR) is 152 cm³/mol. The second-order valence-corrected chi connectivity index (χ2v) is 11.0. The molecular weight excluding hydrogens is 526 g/mol. The molecule has 3 aliphatic heterocycles. The topological polar surface area (TPSA) is 121 Å². The number of morpholine rings is 1. The second-order valence-electron chi connectivity index (χ2n) is 11.0. The maximum absolute atomic E-state index is 13.8. The molecule has 0 aromatic heterocycles. The Morgan fingerprint density at radius 1 is 1.00 bits per heavy atom. The molecule has 11 nitrogen and oxygen atoms in total. The number of hydrogen-bond acceptors (Lipinski definition) is 8. The molecule has 3 unspecified atom stereocenters. The van der Waals surface area contributed by atoms with Crippen LogP contribution < -0.4 is 15.5 Å². The molecule has 2 aromatic rings. The molecule has 0 bridgehead atoms. The zero-order chi connectivity index (χ0) is 28.9. The average Bonchev–Trinajstić information content (AvgIpc) is 3.54. The Morgan fingerprint density at radius 2 is 1.71 bits per heavy atom. The number of likely N-dealkylation sites (tertiary alicyclic amines) is 1. The smallest absolute Gasteiger partial charge is 0.378 e. The van der Waals surface area contributed by atoms with Crippen molar-refractivity contribution in [1.82, 2.24) is 15.3 Å². The highest BCUT2D eigenvalue weighted by atomic mass is 16.7. The number of ether oxygens (including phenoxy) is 1. The van der Waals surface area contributed by atoms with Gasteiger partial charge >= 0.3 is 6.09 Å². The molecule has 218 valence electrons. The van der Waals surface area contributed by atoms with Crippen molar-refractivity contribution < 1.29 is 28.8 Å². The van der Waals surface area contributed by atoms with Crippen LogP contribution in [0.2, 0.25) is 0 Å². The Bertz CT molecular complexity index is 1250. The quantitative estimate of drug-likeness (QED) is 0.503. The largest absolute Gasteiger partial charge is 0.430 e. The van der Waals surface area contributed by atoms with E-state index in [-0.39, 0.29) is 30.1 Å². The Morgan fingerprint density at radius 3 is 2.39 bits per heavy atom.